The lowest BCUT2D eigenvalue weighted by Gasteiger charge is -2.18. The van der Waals surface area contributed by atoms with Gasteiger partial charge < -0.3 is 10.2 Å². The predicted octanol–water partition coefficient (Wildman–Crippen LogP) is 2.24. The minimum atomic E-state index is -2.54. The zero-order valence-electron chi connectivity index (χ0n) is 10.5. The van der Waals surface area contributed by atoms with E-state index in [1.165, 1.54) is 13.2 Å². The third-order valence-electron chi connectivity index (χ3n) is 2.38. The normalized spacial score (nSPS) is 10.5. The second-order valence-electron chi connectivity index (χ2n) is 3.92. The number of nitrogens with one attached hydrogen (secondary N) is 1. The standard InChI is InChI=1S/C12H17F2N3O/c1-3-5-16-10-4-6-15-7-9(10)12(18)17(2)8-11(13)14/h4,6-7,11H,3,5,8H2,1-2H3,(H,15,16). The first kappa shape index (κ1) is 14.3. The molecule has 4 nitrogen and oxygen atoms in total. The molecule has 1 heterocycles. The summed E-state index contributed by atoms with van der Waals surface area (Å²) in [6.07, 6.45) is 1.31. The molecule has 100 valence electrons. The summed E-state index contributed by atoms with van der Waals surface area (Å²) in [5.41, 5.74) is 0.937. The molecule has 1 amide bonds. The van der Waals surface area contributed by atoms with Gasteiger partial charge in [-0.1, -0.05) is 6.92 Å². The number of carbonyl (C=O) groups is 1. The second kappa shape index (κ2) is 6.88. The van der Waals surface area contributed by atoms with Crippen LogP contribution in [0.1, 0.15) is 23.7 Å². The molecule has 0 unspecified atom stereocenters. The molecule has 0 aliphatic rings. The molecule has 6 heteroatoms. The van der Waals surface area contributed by atoms with Crippen molar-refractivity contribution in [1.29, 1.82) is 0 Å². The number of carbonyl (C=O) groups excluding carboxylic acids is 1. The molecule has 1 aromatic heterocycles. The Kier molecular flexibility index (Phi) is 5.48. The first-order valence-electron chi connectivity index (χ1n) is 5.77. The van der Waals surface area contributed by atoms with E-state index >= 15 is 0 Å². The molecule has 1 rings (SSSR count). The predicted molar refractivity (Wildman–Crippen MR) is 66.0 cm³/mol. The van der Waals surface area contributed by atoms with Crippen LogP contribution in [0.4, 0.5) is 14.5 Å². The molecule has 0 fully saturated rings. The molecule has 1 aromatic rings. The number of hydrogen-bond donors (Lipinski definition) is 1. The monoisotopic (exact) mass is 257 g/mol. The van der Waals surface area contributed by atoms with Crippen molar-refractivity contribution in [3.05, 3.63) is 24.0 Å². The first-order chi connectivity index (χ1) is 8.56. The number of alkyl halides is 2. The van der Waals surface area contributed by atoms with Gasteiger partial charge >= 0.3 is 0 Å². The van der Waals surface area contributed by atoms with Gasteiger partial charge in [-0.15, -0.1) is 0 Å². The lowest BCUT2D eigenvalue weighted by molar-refractivity contribution is 0.0621. The van der Waals surface area contributed by atoms with E-state index in [-0.39, 0.29) is 0 Å². The summed E-state index contributed by atoms with van der Waals surface area (Å²) >= 11 is 0. The van der Waals surface area contributed by atoms with Crippen molar-refractivity contribution in [2.24, 2.45) is 0 Å². The zero-order chi connectivity index (χ0) is 13.5. The van der Waals surface area contributed by atoms with E-state index in [0.717, 1.165) is 11.3 Å². The van der Waals surface area contributed by atoms with Crippen molar-refractivity contribution in [2.75, 3.05) is 25.5 Å². The number of pyridine rings is 1. The highest BCUT2D eigenvalue weighted by atomic mass is 19.3. The molecule has 0 radical (unpaired) electrons. The molecular weight excluding hydrogens is 240 g/mol. The van der Waals surface area contributed by atoms with Crippen LogP contribution in [0.3, 0.4) is 0 Å². The summed E-state index contributed by atoms with van der Waals surface area (Å²) in [5, 5.41) is 3.08. The summed E-state index contributed by atoms with van der Waals surface area (Å²) in [7, 11) is 1.35. The Morgan fingerprint density at radius 2 is 2.28 bits per heavy atom. The highest BCUT2D eigenvalue weighted by molar-refractivity contribution is 5.99. The van der Waals surface area contributed by atoms with Crippen molar-refractivity contribution in [2.45, 2.75) is 19.8 Å². The average Bonchev–Trinajstić information content (AvgIpc) is 2.35. The van der Waals surface area contributed by atoms with Gasteiger partial charge in [0.2, 0.25) is 0 Å². The molecule has 0 aromatic carbocycles. The van der Waals surface area contributed by atoms with Crippen LogP contribution < -0.4 is 5.32 Å². The van der Waals surface area contributed by atoms with Gasteiger partial charge in [-0.05, 0) is 12.5 Å². The van der Waals surface area contributed by atoms with Crippen LogP contribution in [0.25, 0.3) is 0 Å². The van der Waals surface area contributed by atoms with E-state index < -0.39 is 18.9 Å². The Labute approximate surface area is 105 Å². The Morgan fingerprint density at radius 3 is 2.89 bits per heavy atom. The SMILES string of the molecule is CCCNc1ccncc1C(=O)N(C)CC(F)F. The third-order valence-corrected chi connectivity index (χ3v) is 2.38. The lowest BCUT2D eigenvalue weighted by atomic mass is 10.2. The largest absolute Gasteiger partial charge is 0.384 e. The smallest absolute Gasteiger partial charge is 0.257 e. The molecule has 0 bridgehead atoms. The summed E-state index contributed by atoms with van der Waals surface area (Å²) in [4.78, 5) is 16.8. The Hall–Kier alpha value is -1.72. The number of aromatic nitrogens is 1. The number of anilines is 1. The second-order valence-corrected chi connectivity index (χ2v) is 3.92. The summed E-state index contributed by atoms with van der Waals surface area (Å²) in [6, 6.07) is 1.67. The van der Waals surface area contributed by atoms with E-state index in [1.807, 2.05) is 6.92 Å². The van der Waals surface area contributed by atoms with Gasteiger partial charge in [-0.2, -0.15) is 0 Å². The quantitative estimate of drug-likeness (QED) is 0.850. The van der Waals surface area contributed by atoms with Crippen molar-refractivity contribution >= 4 is 11.6 Å². The van der Waals surface area contributed by atoms with Crippen LogP contribution in [-0.4, -0.2) is 42.4 Å². The van der Waals surface area contributed by atoms with E-state index in [1.54, 1.807) is 12.3 Å². The first-order valence-corrected chi connectivity index (χ1v) is 5.77. The van der Waals surface area contributed by atoms with Gasteiger partial charge in [-0.3, -0.25) is 9.78 Å². The Bertz CT molecular complexity index is 399. The fraction of sp³-hybridized carbons (Fsp3) is 0.500. The molecule has 0 saturated heterocycles. The van der Waals surface area contributed by atoms with Gasteiger partial charge in [0.1, 0.15) is 0 Å². The van der Waals surface area contributed by atoms with Crippen LogP contribution in [0, 0.1) is 0 Å². The van der Waals surface area contributed by atoms with Gasteiger partial charge in [-0.25, -0.2) is 8.78 Å². The fourth-order valence-corrected chi connectivity index (χ4v) is 1.47. The van der Waals surface area contributed by atoms with Crippen LogP contribution in [0.2, 0.25) is 0 Å². The maximum atomic E-state index is 12.2. The van der Waals surface area contributed by atoms with E-state index in [2.05, 4.69) is 10.3 Å². The Morgan fingerprint density at radius 1 is 1.56 bits per heavy atom. The van der Waals surface area contributed by atoms with Crippen LogP contribution in [0.5, 0.6) is 0 Å². The summed E-state index contributed by atoms with van der Waals surface area (Å²) in [5.74, 6) is -0.456. The summed E-state index contributed by atoms with van der Waals surface area (Å²) < 4.78 is 24.5. The maximum absolute atomic E-state index is 12.2. The topological polar surface area (TPSA) is 45.2 Å². The maximum Gasteiger partial charge on any atom is 0.257 e. The van der Waals surface area contributed by atoms with Crippen molar-refractivity contribution < 1.29 is 13.6 Å². The van der Waals surface area contributed by atoms with Gasteiger partial charge in [0.15, 0.2) is 0 Å². The van der Waals surface area contributed by atoms with E-state index in [4.69, 9.17) is 0 Å². The zero-order valence-corrected chi connectivity index (χ0v) is 10.5. The molecule has 0 atom stereocenters. The highest BCUT2D eigenvalue weighted by Crippen LogP contribution is 2.16. The fourth-order valence-electron chi connectivity index (χ4n) is 1.47. The lowest BCUT2D eigenvalue weighted by Crippen LogP contribution is -2.31. The number of hydrogen-bond acceptors (Lipinski definition) is 3. The van der Waals surface area contributed by atoms with E-state index in [9.17, 15) is 13.6 Å². The minimum Gasteiger partial charge on any atom is -0.384 e. The number of amides is 1. The van der Waals surface area contributed by atoms with Gasteiger partial charge in [0.05, 0.1) is 17.8 Å². The van der Waals surface area contributed by atoms with Gasteiger partial charge in [0, 0.05) is 26.0 Å². The van der Waals surface area contributed by atoms with E-state index in [0.29, 0.717) is 17.8 Å². The van der Waals surface area contributed by atoms with Crippen LogP contribution in [-0.2, 0) is 0 Å². The third kappa shape index (κ3) is 3.94. The molecule has 1 N–H and O–H groups in total. The van der Waals surface area contributed by atoms with Gasteiger partial charge in [0.25, 0.3) is 12.3 Å². The van der Waals surface area contributed by atoms with Crippen molar-refractivity contribution in [3.8, 4) is 0 Å². The molecule has 0 spiro atoms. The molecule has 0 aliphatic heterocycles. The number of rotatable bonds is 6. The molecule has 18 heavy (non-hydrogen) atoms. The number of halogens is 2. The number of nitrogens with zero attached hydrogens (tertiary/aromatic N) is 2. The average molecular weight is 257 g/mol. The molecular formula is C12H17F2N3O. The highest BCUT2D eigenvalue weighted by Gasteiger charge is 2.18. The van der Waals surface area contributed by atoms with Crippen LogP contribution >= 0.6 is 0 Å². The summed E-state index contributed by atoms with van der Waals surface area (Å²) in [6.45, 7) is 2.13. The molecule has 0 saturated carbocycles. The van der Waals surface area contributed by atoms with Crippen molar-refractivity contribution in [3.63, 3.8) is 0 Å². The minimum absolute atomic E-state index is 0.314. The molecule has 0 aliphatic carbocycles. The van der Waals surface area contributed by atoms with Crippen molar-refractivity contribution in [1.82, 2.24) is 9.88 Å². The Balaban J connectivity index is 2.84. The van der Waals surface area contributed by atoms with Crippen LogP contribution in [0.15, 0.2) is 18.5 Å².